The number of hydrogen-bond acceptors (Lipinski definition) is 6. The van der Waals surface area contributed by atoms with E-state index in [-0.39, 0.29) is 40.9 Å². The summed E-state index contributed by atoms with van der Waals surface area (Å²) >= 11 is 0. The number of likely N-dealkylation sites (N-methyl/N-ethyl adjacent to an activating group) is 1. The van der Waals surface area contributed by atoms with Gasteiger partial charge in [-0.25, -0.2) is 19.0 Å². The van der Waals surface area contributed by atoms with Crippen molar-refractivity contribution in [1.82, 2.24) is 21.1 Å². The van der Waals surface area contributed by atoms with Gasteiger partial charge in [-0.2, -0.15) is 0 Å². The third-order valence-corrected chi connectivity index (χ3v) is 7.44. The summed E-state index contributed by atoms with van der Waals surface area (Å²) in [4.78, 5) is 15.2. The van der Waals surface area contributed by atoms with Crippen LogP contribution in [0.5, 0.6) is 0 Å². The Hall–Kier alpha value is -2.30. The van der Waals surface area contributed by atoms with Gasteiger partial charge in [0.2, 0.25) is 15.9 Å². The van der Waals surface area contributed by atoms with E-state index < -0.39 is 10.0 Å². The first-order valence-corrected chi connectivity index (χ1v) is 12.4. The van der Waals surface area contributed by atoms with Crippen LogP contribution in [0.25, 0.3) is 0 Å². The van der Waals surface area contributed by atoms with Gasteiger partial charge in [-0.15, -0.1) is 0 Å². The van der Waals surface area contributed by atoms with Crippen LogP contribution in [0.1, 0.15) is 42.5 Å². The number of rotatable bonds is 6. The summed E-state index contributed by atoms with van der Waals surface area (Å²) in [7, 11) is 0.0556. The summed E-state index contributed by atoms with van der Waals surface area (Å²) in [6.07, 6.45) is 2.61. The van der Waals surface area contributed by atoms with Crippen LogP contribution in [0.3, 0.4) is 0 Å². The number of sulfonamides is 1. The van der Waals surface area contributed by atoms with Crippen LogP contribution in [-0.2, 0) is 14.8 Å². The second kappa shape index (κ2) is 9.29. The van der Waals surface area contributed by atoms with Gasteiger partial charge in [0.15, 0.2) is 0 Å². The number of carbonyl (C=O) groups excluding carboxylic acids is 1. The van der Waals surface area contributed by atoms with Gasteiger partial charge in [0.25, 0.3) is 0 Å². The number of carbonyl (C=O) groups is 1. The van der Waals surface area contributed by atoms with E-state index in [2.05, 4.69) is 16.2 Å². The highest BCUT2D eigenvalue weighted by Crippen LogP contribution is 2.38. The summed E-state index contributed by atoms with van der Waals surface area (Å²) in [6, 6.07) is 16.5. The molecular formula is C23H31N5O3S. The highest BCUT2D eigenvalue weighted by molar-refractivity contribution is 7.89. The van der Waals surface area contributed by atoms with Crippen LogP contribution in [0.15, 0.2) is 59.5 Å². The first-order chi connectivity index (χ1) is 15.2. The van der Waals surface area contributed by atoms with E-state index in [0.717, 1.165) is 30.4 Å². The maximum absolute atomic E-state index is 13.2. The average molecular weight is 458 g/mol. The largest absolute Gasteiger partial charge is 0.352 e. The summed E-state index contributed by atoms with van der Waals surface area (Å²) in [5.41, 5.74) is 8.52. The Kier molecular flexibility index (Phi) is 6.64. The summed E-state index contributed by atoms with van der Waals surface area (Å²) in [5.74, 6) is 0.218. The van der Waals surface area contributed by atoms with Gasteiger partial charge in [-0.3, -0.25) is 15.1 Å². The highest BCUT2D eigenvalue weighted by atomic mass is 32.2. The second-order valence-corrected chi connectivity index (χ2v) is 10.5. The minimum Gasteiger partial charge on any atom is -0.352 e. The molecule has 0 aromatic heterocycles. The van der Waals surface area contributed by atoms with E-state index in [1.807, 2.05) is 55.4 Å². The second-order valence-electron chi connectivity index (χ2n) is 8.95. The lowest BCUT2D eigenvalue weighted by atomic mass is 9.77. The zero-order valence-electron chi connectivity index (χ0n) is 18.4. The van der Waals surface area contributed by atoms with Gasteiger partial charge >= 0.3 is 0 Å². The van der Waals surface area contributed by atoms with Crippen molar-refractivity contribution in [2.45, 2.75) is 48.3 Å². The van der Waals surface area contributed by atoms with Gasteiger partial charge in [-0.1, -0.05) is 42.5 Å². The predicted octanol–water partition coefficient (Wildman–Crippen LogP) is 1.44. The zero-order chi connectivity index (χ0) is 22.9. The monoisotopic (exact) mass is 457 g/mol. The molecule has 5 atom stereocenters. The molecule has 1 saturated carbocycles. The minimum atomic E-state index is -3.76. The molecule has 0 spiro atoms. The number of amides is 1. The molecule has 9 heteroatoms. The van der Waals surface area contributed by atoms with Crippen molar-refractivity contribution in [2.24, 2.45) is 11.1 Å². The standard InChI is InChI=1S/C23H31N5O3S/c1-28(2)22(15-7-4-3-5-8-15)23(29)25-17-11-12-20-19(14-17)21(27-26-20)16-9-6-10-18(13-16)32(24,30)31/h3-10,13,17,19-22,26-27H,11-12,14H2,1-2H3,(H,25,29)(H2,24,30,31)/t17?,19?,20?,21?,22-/m1/s1. The smallest absolute Gasteiger partial charge is 0.242 e. The summed E-state index contributed by atoms with van der Waals surface area (Å²) in [5, 5.41) is 8.59. The fraction of sp³-hybridized carbons (Fsp3) is 0.435. The Morgan fingerprint density at radius 3 is 2.53 bits per heavy atom. The number of fused-ring (bicyclic) bond motifs is 1. The Morgan fingerprint density at radius 2 is 1.84 bits per heavy atom. The van der Waals surface area contributed by atoms with Crippen LogP contribution in [0, 0.1) is 5.92 Å². The molecule has 1 saturated heterocycles. The van der Waals surface area contributed by atoms with Crippen LogP contribution >= 0.6 is 0 Å². The molecular weight excluding hydrogens is 426 g/mol. The van der Waals surface area contributed by atoms with Crippen LogP contribution < -0.4 is 21.3 Å². The van der Waals surface area contributed by atoms with Crippen LogP contribution in [0.2, 0.25) is 0 Å². The molecule has 1 heterocycles. The lowest BCUT2D eigenvalue weighted by molar-refractivity contribution is -0.126. The van der Waals surface area contributed by atoms with Gasteiger partial charge in [0.05, 0.1) is 10.9 Å². The molecule has 8 nitrogen and oxygen atoms in total. The number of hydrazine groups is 1. The Balaban J connectivity index is 1.48. The SMILES string of the molecule is CN(C)[C@@H](C(=O)NC1CCC2NNC(c3cccc(S(N)(=O)=O)c3)C2C1)c1ccccc1. The molecule has 2 aromatic carbocycles. The van der Waals surface area contributed by atoms with E-state index in [4.69, 9.17) is 5.14 Å². The van der Waals surface area contributed by atoms with Gasteiger partial charge in [-0.05, 0) is 62.5 Å². The molecule has 0 bridgehead atoms. The molecule has 4 rings (SSSR count). The van der Waals surface area contributed by atoms with Gasteiger partial charge in [0.1, 0.15) is 6.04 Å². The number of primary sulfonamides is 1. The topological polar surface area (TPSA) is 117 Å². The van der Waals surface area contributed by atoms with Crippen molar-refractivity contribution >= 4 is 15.9 Å². The Labute approximate surface area is 189 Å². The fourth-order valence-electron chi connectivity index (χ4n) is 5.00. The molecule has 1 aliphatic carbocycles. The van der Waals surface area contributed by atoms with Crippen molar-refractivity contribution in [3.8, 4) is 0 Å². The lowest BCUT2D eigenvalue weighted by Crippen LogP contribution is -2.47. The van der Waals surface area contributed by atoms with Crippen molar-refractivity contribution in [3.63, 3.8) is 0 Å². The molecule has 2 fully saturated rings. The third kappa shape index (κ3) is 4.87. The molecule has 172 valence electrons. The number of nitrogens with two attached hydrogens (primary N) is 1. The van der Waals surface area contributed by atoms with Crippen molar-refractivity contribution in [2.75, 3.05) is 14.1 Å². The van der Waals surface area contributed by atoms with E-state index in [9.17, 15) is 13.2 Å². The normalized spacial score (nSPS) is 26.5. The van der Waals surface area contributed by atoms with E-state index in [0.29, 0.717) is 0 Å². The summed E-state index contributed by atoms with van der Waals surface area (Å²) < 4.78 is 23.6. The Morgan fingerprint density at radius 1 is 1.09 bits per heavy atom. The molecule has 4 unspecified atom stereocenters. The maximum Gasteiger partial charge on any atom is 0.242 e. The molecule has 1 aliphatic heterocycles. The van der Waals surface area contributed by atoms with Crippen LogP contribution in [0.4, 0.5) is 0 Å². The number of nitrogens with zero attached hydrogens (tertiary/aromatic N) is 1. The number of hydrogen-bond donors (Lipinski definition) is 4. The lowest BCUT2D eigenvalue weighted by Gasteiger charge is -2.35. The van der Waals surface area contributed by atoms with E-state index >= 15 is 0 Å². The minimum absolute atomic E-state index is 0.00339. The first kappa shape index (κ1) is 22.9. The molecule has 32 heavy (non-hydrogen) atoms. The first-order valence-electron chi connectivity index (χ1n) is 10.9. The molecule has 5 N–H and O–H groups in total. The average Bonchev–Trinajstić information content (AvgIpc) is 3.17. The zero-order valence-corrected chi connectivity index (χ0v) is 19.2. The third-order valence-electron chi connectivity index (χ3n) is 6.52. The maximum atomic E-state index is 13.2. The van der Waals surface area contributed by atoms with Gasteiger partial charge in [0, 0.05) is 12.1 Å². The Bertz CT molecular complexity index is 1060. The molecule has 0 radical (unpaired) electrons. The number of nitrogens with one attached hydrogen (secondary N) is 3. The summed E-state index contributed by atoms with van der Waals surface area (Å²) in [6.45, 7) is 0. The quantitative estimate of drug-likeness (QED) is 0.522. The molecule has 2 aromatic rings. The van der Waals surface area contributed by atoms with Crippen molar-refractivity contribution < 1.29 is 13.2 Å². The van der Waals surface area contributed by atoms with Gasteiger partial charge < -0.3 is 5.32 Å². The van der Waals surface area contributed by atoms with E-state index in [1.165, 1.54) is 6.07 Å². The number of benzene rings is 2. The van der Waals surface area contributed by atoms with Crippen LogP contribution in [-0.4, -0.2) is 45.4 Å². The molecule has 1 amide bonds. The van der Waals surface area contributed by atoms with Crippen molar-refractivity contribution in [3.05, 3.63) is 65.7 Å². The fourth-order valence-corrected chi connectivity index (χ4v) is 5.57. The van der Waals surface area contributed by atoms with Crippen molar-refractivity contribution in [1.29, 1.82) is 0 Å². The predicted molar refractivity (Wildman–Crippen MR) is 123 cm³/mol. The highest BCUT2D eigenvalue weighted by Gasteiger charge is 2.42. The molecule has 2 aliphatic rings. The van der Waals surface area contributed by atoms with E-state index in [1.54, 1.807) is 12.1 Å².